The number of nitrogens with one attached hydrogen (secondary N) is 1. The molecule has 1 aliphatic rings. The van der Waals surface area contributed by atoms with Crippen LogP contribution in [0.2, 0.25) is 0 Å². The zero-order chi connectivity index (χ0) is 18.5. The summed E-state index contributed by atoms with van der Waals surface area (Å²) in [6, 6.07) is 7.18. The van der Waals surface area contributed by atoms with Gasteiger partial charge in [-0.05, 0) is 25.5 Å². The monoisotopic (exact) mass is 375 g/mol. The molecule has 1 amide bonds. The van der Waals surface area contributed by atoms with Gasteiger partial charge in [0.2, 0.25) is 11.5 Å². The van der Waals surface area contributed by atoms with Crippen molar-refractivity contribution in [1.82, 2.24) is 14.9 Å². The second-order valence-corrected chi connectivity index (χ2v) is 9.09. The highest BCUT2D eigenvalue weighted by Gasteiger charge is 2.39. The molecule has 1 saturated heterocycles. The lowest BCUT2D eigenvalue weighted by molar-refractivity contribution is -0.123. The van der Waals surface area contributed by atoms with Crippen LogP contribution < -0.4 is 10.9 Å². The first-order valence-corrected chi connectivity index (χ1v) is 9.97. The number of carbonyl (C=O) groups is 1. The Balaban J connectivity index is 1.61. The standard InChI is InChI=1S/C17H17N3O5S/c1-17(6-7-26(23,24)9-17)19-13(21)8-20-10-18-14-11-4-2-3-5-12(11)25-15(14)16(20)22/h2-5,10H,6-9H2,1H3,(H,19,21). The number of hydrogen-bond acceptors (Lipinski definition) is 6. The van der Waals surface area contributed by atoms with E-state index in [4.69, 9.17) is 4.42 Å². The number of para-hydroxylation sites is 1. The number of fused-ring (bicyclic) bond motifs is 3. The topological polar surface area (TPSA) is 111 Å². The highest BCUT2D eigenvalue weighted by Crippen LogP contribution is 2.24. The van der Waals surface area contributed by atoms with Gasteiger partial charge in [0.1, 0.15) is 17.6 Å². The Morgan fingerprint density at radius 1 is 1.38 bits per heavy atom. The number of nitrogens with zero attached hydrogens (tertiary/aromatic N) is 2. The summed E-state index contributed by atoms with van der Waals surface area (Å²) in [5.74, 6) is -0.485. The first kappa shape index (κ1) is 16.8. The maximum Gasteiger partial charge on any atom is 0.297 e. The fourth-order valence-corrected chi connectivity index (χ4v) is 5.46. The summed E-state index contributed by atoms with van der Waals surface area (Å²) in [4.78, 5) is 29.2. The van der Waals surface area contributed by atoms with E-state index in [9.17, 15) is 18.0 Å². The number of benzene rings is 1. The van der Waals surface area contributed by atoms with E-state index in [2.05, 4.69) is 10.3 Å². The summed E-state index contributed by atoms with van der Waals surface area (Å²) < 4.78 is 30.0. The zero-order valence-electron chi connectivity index (χ0n) is 14.1. The molecule has 1 atom stereocenters. The van der Waals surface area contributed by atoms with Gasteiger partial charge in [-0.15, -0.1) is 0 Å². The highest BCUT2D eigenvalue weighted by molar-refractivity contribution is 7.91. The zero-order valence-corrected chi connectivity index (χ0v) is 14.9. The average Bonchev–Trinajstić information content (AvgIpc) is 3.07. The van der Waals surface area contributed by atoms with E-state index in [-0.39, 0.29) is 23.6 Å². The van der Waals surface area contributed by atoms with E-state index in [0.29, 0.717) is 17.5 Å². The number of carbonyl (C=O) groups excluding carboxylic acids is 1. The van der Waals surface area contributed by atoms with Gasteiger partial charge in [-0.25, -0.2) is 13.4 Å². The fourth-order valence-electron chi connectivity index (χ4n) is 3.37. The Morgan fingerprint density at radius 3 is 2.88 bits per heavy atom. The molecular weight excluding hydrogens is 358 g/mol. The van der Waals surface area contributed by atoms with Gasteiger partial charge < -0.3 is 9.73 Å². The van der Waals surface area contributed by atoms with Gasteiger partial charge in [-0.2, -0.15) is 0 Å². The molecule has 0 radical (unpaired) electrons. The van der Waals surface area contributed by atoms with Crippen molar-refractivity contribution in [1.29, 1.82) is 0 Å². The first-order valence-electron chi connectivity index (χ1n) is 8.15. The van der Waals surface area contributed by atoms with E-state index < -0.39 is 26.8 Å². The lowest BCUT2D eigenvalue weighted by Gasteiger charge is -2.23. The Labute approximate surface area is 148 Å². The second kappa shape index (κ2) is 5.66. The van der Waals surface area contributed by atoms with Gasteiger partial charge in [-0.3, -0.25) is 14.2 Å². The molecule has 0 spiro atoms. The third-order valence-electron chi connectivity index (χ3n) is 4.61. The molecule has 3 heterocycles. The number of amides is 1. The van der Waals surface area contributed by atoms with Gasteiger partial charge >= 0.3 is 0 Å². The average molecular weight is 375 g/mol. The third kappa shape index (κ3) is 2.88. The number of aromatic nitrogens is 2. The maximum atomic E-state index is 12.6. The first-order chi connectivity index (χ1) is 12.3. The molecule has 3 aromatic rings. The molecule has 1 N–H and O–H groups in total. The van der Waals surface area contributed by atoms with Crippen LogP contribution in [0.3, 0.4) is 0 Å². The highest BCUT2D eigenvalue weighted by atomic mass is 32.2. The van der Waals surface area contributed by atoms with Crippen molar-refractivity contribution in [2.75, 3.05) is 11.5 Å². The third-order valence-corrected chi connectivity index (χ3v) is 6.51. The number of hydrogen-bond donors (Lipinski definition) is 1. The lowest BCUT2D eigenvalue weighted by Crippen LogP contribution is -2.48. The minimum absolute atomic E-state index is 0.0518. The van der Waals surface area contributed by atoms with E-state index >= 15 is 0 Å². The van der Waals surface area contributed by atoms with E-state index in [0.717, 1.165) is 9.95 Å². The van der Waals surface area contributed by atoms with Crippen molar-refractivity contribution in [2.24, 2.45) is 0 Å². The molecule has 1 unspecified atom stereocenters. The molecule has 1 fully saturated rings. The molecule has 8 nitrogen and oxygen atoms in total. The molecule has 0 bridgehead atoms. The molecule has 4 rings (SSSR count). The predicted octanol–water partition coefficient (Wildman–Crippen LogP) is 0.836. The maximum absolute atomic E-state index is 12.6. The number of rotatable bonds is 3. The predicted molar refractivity (Wildman–Crippen MR) is 95.6 cm³/mol. The molecule has 2 aromatic heterocycles. The molecule has 0 aliphatic carbocycles. The summed E-state index contributed by atoms with van der Waals surface area (Å²) in [7, 11) is -3.13. The van der Waals surface area contributed by atoms with E-state index in [1.165, 1.54) is 6.33 Å². The summed E-state index contributed by atoms with van der Waals surface area (Å²) in [5.41, 5.74) is -0.160. The molecule has 26 heavy (non-hydrogen) atoms. The minimum Gasteiger partial charge on any atom is -0.448 e. The van der Waals surface area contributed by atoms with Crippen LogP contribution in [0, 0.1) is 0 Å². The largest absolute Gasteiger partial charge is 0.448 e. The molecule has 0 saturated carbocycles. The molecule has 136 valence electrons. The molecule has 1 aromatic carbocycles. The van der Waals surface area contributed by atoms with Gasteiger partial charge in [-0.1, -0.05) is 12.1 Å². The van der Waals surface area contributed by atoms with Crippen LogP contribution >= 0.6 is 0 Å². The van der Waals surface area contributed by atoms with Crippen LogP contribution in [0.4, 0.5) is 0 Å². The van der Waals surface area contributed by atoms with Crippen molar-refractivity contribution in [3.8, 4) is 0 Å². The van der Waals surface area contributed by atoms with Crippen LogP contribution in [0.1, 0.15) is 13.3 Å². The second-order valence-electron chi connectivity index (χ2n) is 6.90. The van der Waals surface area contributed by atoms with Crippen LogP contribution in [-0.4, -0.2) is 40.9 Å². The number of furan rings is 1. The molecule has 1 aliphatic heterocycles. The van der Waals surface area contributed by atoms with Crippen LogP contribution in [0.15, 0.2) is 39.8 Å². The summed E-state index contributed by atoms with van der Waals surface area (Å²) >= 11 is 0. The van der Waals surface area contributed by atoms with Crippen molar-refractivity contribution >= 4 is 37.8 Å². The van der Waals surface area contributed by atoms with Crippen molar-refractivity contribution < 1.29 is 17.6 Å². The van der Waals surface area contributed by atoms with E-state index in [1.54, 1.807) is 19.1 Å². The van der Waals surface area contributed by atoms with Crippen molar-refractivity contribution in [3.63, 3.8) is 0 Å². The Kier molecular flexibility index (Phi) is 3.65. The van der Waals surface area contributed by atoms with Crippen LogP contribution in [-0.2, 0) is 21.2 Å². The van der Waals surface area contributed by atoms with Gasteiger partial charge in [0.15, 0.2) is 9.84 Å². The smallest absolute Gasteiger partial charge is 0.297 e. The van der Waals surface area contributed by atoms with Crippen molar-refractivity contribution in [2.45, 2.75) is 25.4 Å². The minimum atomic E-state index is -3.13. The fraction of sp³-hybridized carbons (Fsp3) is 0.353. The van der Waals surface area contributed by atoms with Gasteiger partial charge in [0.25, 0.3) is 5.56 Å². The Morgan fingerprint density at radius 2 is 2.15 bits per heavy atom. The molecular formula is C17H17N3O5S. The number of sulfone groups is 1. The summed E-state index contributed by atoms with van der Waals surface area (Å²) in [6.07, 6.45) is 1.66. The van der Waals surface area contributed by atoms with Crippen molar-refractivity contribution in [3.05, 3.63) is 40.9 Å². The molecule has 9 heteroatoms. The van der Waals surface area contributed by atoms with Gasteiger partial charge in [0.05, 0.1) is 23.4 Å². The van der Waals surface area contributed by atoms with Crippen LogP contribution in [0.5, 0.6) is 0 Å². The normalized spacial score (nSPS) is 22.0. The Bertz CT molecular complexity index is 1190. The Hall–Kier alpha value is -2.68. The quantitative estimate of drug-likeness (QED) is 0.726. The summed E-state index contributed by atoms with van der Waals surface area (Å²) in [5, 5.41) is 3.46. The summed E-state index contributed by atoms with van der Waals surface area (Å²) in [6.45, 7) is 1.44. The van der Waals surface area contributed by atoms with Crippen LogP contribution in [0.25, 0.3) is 22.1 Å². The SMILES string of the molecule is CC1(NC(=O)Cn2cnc3c(oc4ccccc43)c2=O)CCS(=O)(=O)C1. The lowest BCUT2D eigenvalue weighted by atomic mass is 10.0. The van der Waals surface area contributed by atoms with E-state index in [1.807, 2.05) is 12.1 Å². The van der Waals surface area contributed by atoms with Gasteiger partial charge in [0, 0.05) is 5.39 Å².